The molecule has 5 nitrogen and oxygen atoms in total. The number of rotatable bonds is 7. The Labute approximate surface area is 137 Å². The van der Waals surface area contributed by atoms with Crippen molar-refractivity contribution in [2.24, 2.45) is 5.41 Å². The summed E-state index contributed by atoms with van der Waals surface area (Å²) in [5.41, 5.74) is 0.570. The van der Waals surface area contributed by atoms with Crippen molar-refractivity contribution >= 4 is 11.6 Å². The van der Waals surface area contributed by atoms with Crippen molar-refractivity contribution in [1.29, 1.82) is 0 Å². The molecular weight excluding hydrogens is 294 g/mol. The number of carbonyl (C=O) groups is 1. The van der Waals surface area contributed by atoms with Crippen LogP contribution in [0.1, 0.15) is 32.1 Å². The van der Waals surface area contributed by atoms with Gasteiger partial charge < -0.3 is 19.5 Å². The Balaban J connectivity index is 1.55. The Morgan fingerprint density at radius 2 is 2.13 bits per heavy atom. The van der Waals surface area contributed by atoms with Crippen molar-refractivity contribution in [1.82, 2.24) is 0 Å². The molecule has 23 heavy (non-hydrogen) atoms. The number of hydrogen-bond donors (Lipinski definition) is 1. The molecular formula is C18H25NO4. The normalized spacial score (nSPS) is 22.4. The maximum atomic E-state index is 12.6. The molecule has 0 radical (unpaired) electrons. The van der Waals surface area contributed by atoms with Crippen LogP contribution >= 0.6 is 0 Å². The van der Waals surface area contributed by atoms with Crippen LogP contribution in [0.25, 0.3) is 0 Å². The van der Waals surface area contributed by atoms with Crippen LogP contribution < -0.4 is 10.1 Å². The molecule has 5 heteroatoms. The lowest BCUT2D eigenvalue weighted by molar-refractivity contribution is -0.131. The second kappa shape index (κ2) is 7.32. The average Bonchev–Trinajstić information content (AvgIpc) is 3.01. The third-order valence-corrected chi connectivity index (χ3v) is 4.88. The first-order valence-electron chi connectivity index (χ1n) is 8.37. The van der Waals surface area contributed by atoms with Gasteiger partial charge in [0.05, 0.1) is 18.6 Å². The zero-order valence-electron chi connectivity index (χ0n) is 13.7. The molecule has 0 aromatic heterocycles. The van der Waals surface area contributed by atoms with Gasteiger partial charge in [-0.05, 0) is 43.5 Å². The molecule has 1 aromatic rings. The van der Waals surface area contributed by atoms with Crippen LogP contribution in [0.2, 0.25) is 0 Å². The van der Waals surface area contributed by atoms with Gasteiger partial charge in [-0.25, -0.2) is 0 Å². The Kier molecular flexibility index (Phi) is 5.18. The van der Waals surface area contributed by atoms with E-state index in [1.165, 1.54) is 0 Å². The molecule has 0 spiro atoms. The highest BCUT2D eigenvalue weighted by Crippen LogP contribution is 2.44. The fraction of sp³-hybridized carbons (Fsp3) is 0.611. The molecule has 126 valence electrons. The number of methoxy groups -OCH3 is 1. The van der Waals surface area contributed by atoms with E-state index < -0.39 is 0 Å². The van der Waals surface area contributed by atoms with Crippen LogP contribution in [0.3, 0.4) is 0 Å². The quantitative estimate of drug-likeness (QED) is 0.839. The molecule has 1 saturated heterocycles. The molecule has 1 N–H and O–H groups in total. The van der Waals surface area contributed by atoms with Gasteiger partial charge in [0.25, 0.3) is 0 Å². The summed E-state index contributed by atoms with van der Waals surface area (Å²) < 4.78 is 16.3. The molecule has 1 heterocycles. The monoisotopic (exact) mass is 319 g/mol. The van der Waals surface area contributed by atoms with Crippen LogP contribution in [-0.4, -0.2) is 38.9 Å². The minimum absolute atomic E-state index is 0.110. The van der Waals surface area contributed by atoms with E-state index in [0.717, 1.165) is 50.1 Å². The van der Waals surface area contributed by atoms with Gasteiger partial charge in [0, 0.05) is 25.8 Å². The van der Waals surface area contributed by atoms with Gasteiger partial charge in [-0.3, -0.25) is 4.79 Å². The Hall–Kier alpha value is -1.59. The van der Waals surface area contributed by atoms with Crippen molar-refractivity contribution in [3.05, 3.63) is 24.3 Å². The molecule has 0 unspecified atom stereocenters. The Bertz CT molecular complexity index is 518. The number of ether oxygens (including phenoxy) is 3. The zero-order chi connectivity index (χ0) is 16.1. The van der Waals surface area contributed by atoms with E-state index in [1.54, 1.807) is 7.11 Å². The van der Waals surface area contributed by atoms with Gasteiger partial charge in [-0.2, -0.15) is 0 Å². The lowest BCUT2D eigenvalue weighted by atomic mass is 9.66. The first-order valence-corrected chi connectivity index (χ1v) is 8.37. The molecule has 1 aliphatic heterocycles. The number of hydrogen-bond acceptors (Lipinski definition) is 4. The van der Waals surface area contributed by atoms with Crippen LogP contribution in [0.4, 0.5) is 5.69 Å². The highest BCUT2D eigenvalue weighted by molar-refractivity contribution is 5.95. The summed E-state index contributed by atoms with van der Waals surface area (Å²) in [6.07, 6.45) is 4.88. The minimum atomic E-state index is -0.244. The molecule has 2 fully saturated rings. The van der Waals surface area contributed by atoms with Gasteiger partial charge in [0.15, 0.2) is 0 Å². The number of carbonyl (C=O) groups excluding carboxylic acids is 1. The first kappa shape index (κ1) is 16.3. The minimum Gasteiger partial charge on any atom is -0.488 e. The van der Waals surface area contributed by atoms with E-state index in [0.29, 0.717) is 13.2 Å². The van der Waals surface area contributed by atoms with Gasteiger partial charge in [-0.15, -0.1) is 0 Å². The van der Waals surface area contributed by atoms with Crippen LogP contribution in [0, 0.1) is 5.41 Å². The Morgan fingerprint density at radius 1 is 1.35 bits per heavy atom. The number of benzene rings is 1. The molecule has 1 atom stereocenters. The molecule has 0 bridgehead atoms. The summed E-state index contributed by atoms with van der Waals surface area (Å²) in [5.74, 6) is 0.926. The highest BCUT2D eigenvalue weighted by Gasteiger charge is 2.43. The summed E-state index contributed by atoms with van der Waals surface area (Å²) in [7, 11) is 1.68. The molecule has 1 amide bonds. The van der Waals surface area contributed by atoms with Crippen molar-refractivity contribution in [3.63, 3.8) is 0 Å². The van der Waals surface area contributed by atoms with E-state index >= 15 is 0 Å². The smallest absolute Gasteiger partial charge is 0.230 e. The zero-order valence-corrected chi connectivity index (χ0v) is 13.7. The maximum Gasteiger partial charge on any atom is 0.230 e. The largest absolute Gasteiger partial charge is 0.488 e. The van der Waals surface area contributed by atoms with Gasteiger partial charge >= 0.3 is 0 Å². The second-order valence-corrected chi connectivity index (χ2v) is 6.46. The van der Waals surface area contributed by atoms with Gasteiger partial charge in [0.1, 0.15) is 11.9 Å². The fourth-order valence-corrected chi connectivity index (χ4v) is 3.17. The van der Waals surface area contributed by atoms with E-state index in [-0.39, 0.29) is 17.4 Å². The molecule has 1 aliphatic carbocycles. The predicted octanol–water partition coefficient (Wildman–Crippen LogP) is 3.00. The summed E-state index contributed by atoms with van der Waals surface area (Å²) in [5, 5.41) is 3.04. The summed E-state index contributed by atoms with van der Waals surface area (Å²) in [4.78, 5) is 12.6. The van der Waals surface area contributed by atoms with Gasteiger partial charge in [0.2, 0.25) is 5.91 Å². The van der Waals surface area contributed by atoms with Crippen molar-refractivity contribution in [2.75, 3.05) is 32.2 Å². The third-order valence-electron chi connectivity index (χ3n) is 4.88. The van der Waals surface area contributed by atoms with Crippen molar-refractivity contribution < 1.29 is 19.0 Å². The summed E-state index contributed by atoms with van der Waals surface area (Å²) in [6.45, 7) is 2.05. The highest BCUT2D eigenvalue weighted by atomic mass is 16.5. The summed E-state index contributed by atoms with van der Waals surface area (Å²) >= 11 is 0. The second-order valence-electron chi connectivity index (χ2n) is 6.46. The first-order chi connectivity index (χ1) is 11.2. The average molecular weight is 319 g/mol. The van der Waals surface area contributed by atoms with Crippen molar-refractivity contribution in [3.8, 4) is 5.75 Å². The lowest BCUT2D eigenvalue weighted by Crippen LogP contribution is -2.42. The predicted molar refractivity (Wildman–Crippen MR) is 87.7 cm³/mol. The standard InChI is InChI=1S/C18H25NO4/c1-21-12-10-18(8-2-9-18)17(20)19-14-3-5-15(6-4-14)23-16-7-11-22-13-16/h3-6,16H,2,7-13H2,1H3,(H,19,20)/t16-/m0/s1. The molecule has 1 aromatic carbocycles. The summed E-state index contributed by atoms with van der Waals surface area (Å²) in [6, 6.07) is 7.59. The van der Waals surface area contributed by atoms with Crippen molar-refractivity contribution in [2.45, 2.75) is 38.2 Å². The van der Waals surface area contributed by atoms with E-state index in [2.05, 4.69) is 5.32 Å². The third kappa shape index (κ3) is 3.85. The van der Waals surface area contributed by atoms with Crippen LogP contribution in [0.15, 0.2) is 24.3 Å². The maximum absolute atomic E-state index is 12.6. The number of amides is 1. The van der Waals surface area contributed by atoms with E-state index in [4.69, 9.17) is 14.2 Å². The SMILES string of the molecule is COCCC1(C(=O)Nc2ccc(O[C@H]3CCOC3)cc2)CCC1. The van der Waals surface area contributed by atoms with E-state index in [1.807, 2.05) is 24.3 Å². The topological polar surface area (TPSA) is 56.8 Å². The van der Waals surface area contributed by atoms with Crippen LogP contribution in [-0.2, 0) is 14.3 Å². The number of nitrogens with one attached hydrogen (secondary N) is 1. The molecule has 3 rings (SSSR count). The number of anilines is 1. The lowest BCUT2D eigenvalue weighted by Gasteiger charge is -2.40. The van der Waals surface area contributed by atoms with Crippen LogP contribution in [0.5, 0.6) is 5.75 Å². The molecule has 1 saturated carbocycles. The fourth-order valence-electron chi connectivity index (χ4n) is 3.17. The Morgan fingerprint density at radius 3 is 2.70 bits per heavy atom. The van der Waals surface area contributed by atoms with E-state index in [9.17, 15) is 4.79 Å². The van der Waals surface area contributed by atoms with Gasteiger partial charge in [-0.1, -0.05) is 6.42 Å². The molecule has 2 aliphatic rings.